The number of nitrogens with zero attached hydrogens (tertiary/aromatic N) is 4. The third-order valence-corrected chi connectivity index (χ3v) is 5.08. The first-order chi connectivity index (χ1) is 14.2. The predicted molar refractivity (Wildman–Crippen MR) is 108 cm³/mol. The molecule has 31 heavy (non-hydrogen) atoms. The first kappa shape index (κ1) is 29.0. The molecule has 0 saturated heterocycles. The average Bonchev–Trinajstić information content (AvgIpc) is 2.65. The van der Waals surface area contributed by atoms with Crippen molar-refractivity contribution >= 4 is 57.9 Å². The van der Waals surface area contributed by atoms with Gasteiger partial charge < -0.3 is 0 Å². The van der Waals surface area contributed by atoms with Gasteiger partial charge >= 0.3 is 24.5 Å². The molecule has 176 valence electrons. The molecule has 0 bridgehead atoms. The largest absolute Gasteiger partial charge is 0.447 e. The lowest BCUT2D eigenvalue weighted by Crippen LogP contribution is -2.30. The number of alkyl halides is 6. The van der Waals surface area contributed by atoms with Gasteiger partial charge in [-0.1, -0.05) is 46.0 Å². The van der Waals surface area contributed by atoms with Crippen molar-refractivity contribution in [2.24, 2.45) is 10.3 Å². The minimum absolute atomic E-state index is 0.152. The van der Waals surface area contributed by atoms with E-state index in [2.05, 4.69) is 33.1 Å². The Morgan fingerprint density at radius 3 is 1.42 bits per heavy atom. The highest BCUT2D eigenvalue weighted by molar-refractivity contribution is 8.14. The Morgan fingerprint density at radius 1 is 0.839 bits per heavy atom. The fourth-order valence-corrected chi connectivity index (χ4v) is 2.75. The molecule has 0 aliphatic carbocycles. The van der Waals surface area contributed by atoms with E-state index in [4.69, 9.17) is 0 Å². The normalized spacial score (nSPS) is 12.8. The SMILES string of the molecule is C=CCS/C(=N\OC(=O)N(C)SN(C)C(=O)O/N=C(\SCC=C)C(F)(F)F)C(F)(F)F. The molecule has 0 saturated carbocycles. The monoisotopic (exact) mass is 514 g/mol. The van der Waals surface area contributed by atoms with Crippen LogP contribution in [0.2, 0.25) is 0 Å². The zero-order chi connectivity index (χ0) is 24.2. The number of rotatable bonds is 8. The van der Waals surface area contributed by atoms with Crippen LogP contribution in [-0.2, 0) is 9.68 Å². The van der Waals surface area contributed by atoms with Gasteiger partial charge in [-0.25, -0.2) is 18.2 Å². The van der Waals surface area contributed by atoms with Gasteiger partial charge in [0.2, 0.25) is 10.1 Å². The van der Waals surface area contributed by atoms with Crippen LogP contribution in [0, 0.1) is 0 Å². The van der Waals surface area contributed by atoms with Gasteiger partial charge in [0.05, 0.1) is 12.1 Å². The van der Waals surface area contributed by atoms with Crippen molar-refractivity contribution in [3.05, 3.63) is 25.3 Å². The van der Waals surface area contributed by atoms with Gasteiger partial charge in [0.25, 0.3) is 0 Å². The van der Waals surface area contributed by atoms with Crippen LogP contribution in [0.1, 0.15) is 0 Å². The highest BCUT2D eigenvalue weighted by Gasteiger charge is 2.38. The van der Waals surface area contributed by atoms with E-state index in [-0.39, 0.29) is 47.2 Å². The second kappa shape index (κ2) is 13.4. The minimum Gasteiger partial charge on any atom is -0.296 e. The topological polar surface area (TPSA) is 83.8 Å². The maximum Gasteiger partial charge on any atom is 0.447 e. The molecule has 2 amide bonds. The van der Waals surface area contributed by atoms with Gasteiger partial charge in [-0.3, -0.25) is 9.68 Å². The average molecular weight is 514 g/mol. The Morgan fingerprint density at radius 2 is 1.16 bits per heavy atom. The van der Waals surface area contributed by atoms with Crippen molar-refractivity contribution in [1.82, 2.24) is 8.61 Å². The van der Waals surface area contributed by atoms with E-state index in [9.17, 15) is 35.9 Å². The minimum atomic E-state index is -4.88. The molecule has 0 aliphatic rings. The molecule has 8 nitrogen and oxygen atoms in total. The van der Waals surface area contributed by atoms with Crippen LogP contribution in [0.5, 0.6) is 0 Å². The first-order valence-corrected chi connectivity index (χ1v) is 10.3. The molecule has 0 radical (unpaired) electrons. The van der Waals surface area contributed by atoms with Crippen molar-refractivity contribution in [2.75, 3.05) is 25.6 Å². The van der Waals surface area contributed by atoms with Gasteiger partial charge in [0.1, 0.15) is 0 Å². The molecule has 0 heterocycles. The summed E-state index contributed by atoms with van der Waals surface area (Å²) >= 11 is 0.686. The molecule has 0 aliphatic heterocycles. The number of carbonyl (C=O) groups excluding carboxylic acids is 2. The van der Waals surface area contributed by atoms with Gasteiger partial charge in [-0.2, -0.15) is 26.3 Å². The second-order valence-electron chi connectivity index (χ2n) is 4.78. The number of hydrogen-bond donors (Lipinski definition) is 0. The highest BCUT2D eigenvalue weighted by Crippen LogP contribution is 2.27. The molecular formula is C14H16F6N4O4S3. The fraction of sp³-hybridized carbons (Fsp3) is 0.429. The van der Waals surface area contributed by atoms with Crippen LogP contribution in [0.25, 0.3) is 0 Å². The van der Waals surface area contributed by atoms with Crippen LogP contribution in [0.3, 0.4) is 0 Å². The molecule has 0 unspecified atom stereocenters. The van der Waals surface area contributed by atoms with Crippen molar-refractivity contribution < 1.29 is 45.6 Å². The van der Waals surface area contributed by atoms with Crippen LogP contribution in [0.15, 0.2) is 35.6 Å². The van der Waals surface area contributed by atoms with E-state index < -0.39 is 34.6 Å². The Kier molecular flexibility index (Phi) is 12.5. The molecule has 0 spiro atoms. The molecule has 0 fully saturated rings. The van der Waals surface area contributed by atoms with Gasteiger partial charge in [0, 0.05) is 25.6 Å². The molecule has 0 N–H and O–H groups in total. The summed E-state index contributed by atoms with van der Waals surface area (Å²) < 4.78 is 77.6. The number of halogens is 6. The number of hydrogen-bond acceptors (Lipinski definition) is 9. The number of thioether (sulfide) groups is 2. The standard InChI is InChI=1S/C14H16F6N4O4S3/c1-5-7-29-9(13(15,16)17)21-27-11(25)23(3)31-24(4)12(26)28-22-10(14(18,19)20)30-8-6-2/h5-6H,1-2,7-8H2,3-4H3/b21-9-,22-10-. The summed E-state index contributed by atoms with van der Waals surface area (Å²) in [6.45, 7) is 6.50. The quantitative estimate of drug-likeness (QED) is 0.0829. The maximum absolute atomic E-state index is 12.8. The van der Waals surface area contributed by atoms with Gasteiger partial charge in [-0.05, 0) is 0 Å². The summed E-state index contributed by atoms with van der Waals surface area (Å²) in [4.78, 5) is 31.8. The predicted octanol–water partition coefficient (Wildman–Crippen LogP) is 5.28. The summed E-state index contributed by atoms with van der Waals surface area (Å²) in [5.74, 6) is -0.304. The zero-order valence-electron chi connectivity index (χ0n) is 15.9. The van der Waals surface area contributed by atoms with Crippen LogP contribution in [-0.4, -0.2) is 68.8 Å². The lowest BCUT2D eigenvalue weighted by molar-refractivity contribution is -0.0585. The van der Waals surface area contributed by atoms with E-state index in [1.54, 1.807) is 0 Å². The molecule has 0 aromatic rings. The van der Waals surface area contributed by atoms with Crippen LogP contribution < -0.4 is 0 Å². The number of oxime groups is 2. The third kappa shape index (κ3) is 11.8. The highest BCUT2D eigenvalue weighted by atomic mass is 32.2. The summed E-state index contributed by atoms with van der Waals surface area (Å²) in [6.07, 6.45) is -10.2. The van der Waals surface area contributed by atoms with E-state index in [0.717, 1.165) is 14.1 Å². The Bertz CT molecular complexity index is 657. The lowest BCUT2D eigenvalue weighted by Gasteiger charge is -2.19. The van der Waals surface area contributed by atoms with Crippen molar-refractivity contribution in [3.8, 4) is 0 Å². The zero-order valence-corrected chi connectivity index (χ0v) is 18.3. The molecule has 0 atom stereocenters. The van der Waals surface area contributed by atoms with E-state index in [0.29, 0.717) is 8.61 Å². The molecule has 17 heteroatoms. The van der Waals surface area contributed by atoms with Gasteiger partial charge in [0.15, 0.2) is 0 Å². The summed E-state index contributed by atoms with van der Waals surface area (Å²) in [7, 11) is 2.00. The molecular weight excluding hydrogens is 498 g/mol. The maximum atomic E-state index is 12.8. The summed E-state index contributed by atoms with van der Waals surface area (Å²) in [5.41, 5.74) is 0. The molecule has 0 aromatic heterocycles. The summed E-state index contributed by atoms with van der Waals surface area (Å²) in [6, 6.07) is 0. The van der Waals surface area contributed by atoms with Crippen molar-refractivity contribution in [1.29, 1.82) is 0 Å². The fourth-order valence-electron chi connectivity index (χ4n) is 1.12. The van der Waals surface area contributed by atoms with E-state index in [1.807, 2.05) is 0 Å². The first-order valence-electron chi connectivity index (χ1n) is 7.59. The van der Waals surface area contributed by atoms with Gasteiger partial charge in [-0.15, -0.1) is 13.2 Å². The van der Waals surface area contributed by atoms with E-state index >= 15 is 0 Å². The van der Waals surface area contributed by atoms with Crippen molar-refractivity contribution in [3.63, 3.8) is 0 Å². The van der Waals surface area contributed by atoms with Crippen LogP contribution >= 0.6 is 35.7 Å². The smallest absolute Gasteiger partial charge is 0.296 e. The lowest BCUT2D eigenvalue weighted by atomic mass is 10.7. The Labute approximate surface area is 186 Å². The van der Waals surface area contributed by atoms with Crippen LogP contribution in [0.4, 0.5) is 35.9 Å². The van der Waals surface area contributed by atoms with E-state index in [1.165, 1.54) is 12.2 Å². The number of amides is 2. The molecule has 0 rings (SSSR count). The Balaban J connectivity index is 4.96. The molecule has 0 aromatic carbocycles. The summed E-state index contributed by atoms with van der Waals surface area (Å²) in [5, 5.41) is 2.57. The van der Waals surface area contributed by atoms with Crippen molar-refractivity contribution in [2.45, 2.75) is 12.4 Å². The third-order valence-electron chi connectivity index (χ3n) is 2.33. The number of carbonyl (C=O) groups is 2. The Hall–Kier alpha value is -2.01. The second-order valence-corrected chi connectivity index (χ2v) is 8.05.